The molecule has 6 nitrogen and oxygen atoms in total. The van der Waals surface area contributed by atoms with Gasteiger partial charge in [0.2, 0.25) is 5.88 Å². The van der Waals surface area contributed by atoms with Gasteiger partial charge in [0.1, 0.15) is 11.4 Å². The SMILES string of the molecule is O=c1[nH]c(=O)n(Cc2ccc(F)cc2)c(O)c1C=C1C=CC=N1. The summed E-state index contributed by atoms with van der Waals surface area (Å²) in [5.74, 6) is -0.867. The molecule has 2 heterocycles. The Morgan fingerprint density at radius 2 is 2.00 bits per heavy atom. The zero-order valence-electron chi connectivity index (χ0n) is 11.9. The maximum absolute atomic E-state index is 12.9. The molecule has 1 aromatic heterocycles. The number of H-pyrrole nitrogens is 1. The Labute approximate surface area is 129 Å². The highest BCUT2D eigenvalue weighted by molar-refractivity contribution is 5.79. The van der Waals surface area contributed by atoms with Crippen molar-refractivity contribution in [3.8, 4) is 5.88 Å². The molecule has 2 N–H and O–H groups in total. The molecule has 0 radical (unpaired) electrons. The molecule has 0 unspecified atom stereocenters. The van der Waals surface area contributed by atoms with Crippen LogP contribution in [0.3, 0.4) is 0 Å². The first-order valence-corrected chi connectivity index (χ1v) is 6.77. The molecule has 0 atom stereocenters. The van der Waals surface area contributed by atoms with Gasteiger partial charge >= 0.3 is 5.69 Å². The second-order valence-corrected chi connectivity index (χ2v) is 4.92. The summed E-state index contributed by atoms with van der Waals surface area (Å²) in [5, 5.41) is 10.3. The number of hydrogen-bond donors (Lipinski definition) is 2. The number of hydrogen-bond acceptors (Lipinski definition) is 4. The van der Waals surface area contributed by atoms with Crippen molar-refractivity contribution in [1.82, 2.24) is 9.55 Å². The van der Waals surface area contributed by atoms with E-state index in [0.29, 0.717) is 11.3 Å². The van der Waals surface area contributed by atoms with Crippen LogP contribution in [0.2, 0.25) is 0 Å². The first kappa shape index (κ1) is 14.7. The van der Waals surface area contributed by atoms with Gasteiger partial charge in [-0.05, 0) is 35.9 Å². The Balaban J connectivity index is 2.07. The predicted octanol–water partition coefficient (Wildman–Crippen LogP) is 1.41. The minimum absolute atomic E-state index is 0.00297. The average molecular weight is 313 g/mol. The number of aliphatic imine (C=N–C) groups is 1. The highest BCUT2D eigenvalue weighted by Crippen LogP contribution is 2.17. The van der Waals surface area contributed by atoms with Crippen LogP contribution in [0.25, 0.3) is 6.08 Å². The van der Waals surface area contributed by atoms with E-state index in [4.69, 9.17) is 0 Å². The monoisotopic (exact) mass is 313 g/mol. The molecule has 0 saturated carbocycles. The molecule has 0 spiro atoms. The number of rotatable bonds is 3. The van der Waals surface area contributed by atoms with E-state index in [1.807, 2.05) is 0 Å². The summed E-state index contributed by atoms with van der Waals surface area (Å²) in [7, 11) is 0. The maximum atomic E-state index is 12.9. The van der Waals surface area contributed by atoms with Gasteiger partial charge in [0, 0.05) is 6.21 Å². The summed E-state index contributed by atoms with van der Waals surface area (Å²) in [6, 6.07) is 5.50. The highest BCUT2D eigenvalue weighted by Gasteiger charge is 2.13. The zero-order valence-corrected chi connectivity index (χ0v) is 11.9. The van der Waals surface area contributed by atoms with E-state index in [1.54, 1.807) is 18.4 Å². The third-order valence-electron chi connectivity index (χ3n) is 3.33. The third kappa shape index (κ3) is 3.03. The van der Waals surface area contributed by atoms with Gasteiger partial charge in [-0.25, -0.2) is 9.18 Å². The van der Waals surface area contributed by atoms with Crippen molar-refractivity contribution in [1.29, 1.82) is 0 Å². The fourth-order valence-electron chi connectivity index (χ4n) is 2.17. The minimum atomic E-state index is -0.746. The molecule has 0 saturated heterocycles. The molecule has 0 aliphatic carbocycles. The van der Waals surface area contributed by atoms with Gasteiger partial charge in [0.05, 0.1) is 12.2 Å². The van der Waals surface area contributed by atoms with Crippen LogP contribution in [-0.4, -0.2) is 20.9 Å². The van der Waals surface area contributed by atoms with Crippen LogP contribution >= 0.6 is 0 Å². The third-order valence-corrected chi connectivity index (χ3v) is 3.33. The number of benzene rings is 1. The van der Waals surface area contributed by atoms with Crippen molar-refractivity contribution in [2.75, 3.05) is 0 Å². The van der Waals surface area contributed by atoms with E-state index in [-0.39, 0.29) is 12.1 Å². The summed E-state index contributed by atoms with van der Waals surface area (Å²) in [5.41, 5.74) is -0.424. The van der Waals surface area contributed by atoms with Crippen molar-refractivity contribution < 1.29 is 9.50 Å². The lowest BCUT2D eigenvalue weighted by atomic mass is 10.2. The van der Waals surface area contributed by atoms with Crippen LogP contribution in [0.1, 0.15) is 11.1 Å². The van der Waals surface area contributed by atoms with E-state index in [1.165, 1.54) is 30.3 Å². The summed E-state index contributed by atoms with van der Waals surface area (Å²) in [4.78, 5) is 30.0. The second kappa shape index (κ2) is 5.88. The van der Waals surface area contributed by atoms with Gasteiger partial charge in [-0.15, -0.1) is 0 Å². The average Bonchev–Trinajstić information content (AvgIpc) is 3.03. The molecule has 23 heavy (non-hydrogen) atoms. The minimum Gasteiger partial charge on any atom is -0.494 e. The predicted molar refractivity (Wildman–Crippen MR) is 84.1 cm³/mol. The smallest absolute Gasteiger partial charge is 0.331 e. The molecule has 1 aliphatic rings. The van der Waals surface area contributed by atoms with Gasteiger partial charge in [-0.1, -0.05) is 12.1 Å². The number of aromatic nitrogens is 2. The second-order valence-electron chi connectivity index (χ2n) is 4.92. The molecule has 116 valence electrons. The standard InChI is InChI=1S/C16H12FN3O3/c17-11-5-3-10(4-6-11)9-20-15(22)13(14(21)19-16(20)23)8-12-2-1-7-18-12/h1-8,22H,9H2,(H,19,21,23). The molecule has 2 aromatic rings. The lowest BCUT2D eigenvalue weighted by Gasteiger charge is -2.10. The van der Waals surface area contributed by atoms with Crippen molar-refractivity contribution >= 4 is 12.3 Å². The number of aromatic amines is 1. The number of halogens is 1. The number of nitrogens with zero attached hydrogens (tertiary/aromatic N) is 2. The van der Waals surface area contributed by atoms with Crippen molar-refractivity contribution in [3.05, 3.63) is 79.9 Å². The van der Waals surface area contributed by atoms with E-state index in [0.717, 1.165) is 4.57 Å². The Kier molecular flexibility index (Phi) is 3.76. The van der Waals surface area contributed by atoms with Crippen LogP contribution in [0.5, 0.6) is 5.88 Å². The van der Waals surface area contributed by atoms with Crippen LogP contribution in [0.4, 0.5) is 4.39 Å². The van der Waals surface area contributed by atoms with E-state index < -0.39 is 22.9 Å². The van der Waals surface area contributed by atoms with Gasteiger partial charge in [-0.3, -0.25) is 19.3 Å². The molecule has 0 amide bonds. The quantitative estimate of drug-likeness (QED) is 0.898. The molecule has 1 aliphatic heterocycles. The molecule has 3 rings (SSSR count). The van der Waals surface area contributed by atoms with Gasteiger partial charge < -0.3 is 5.11 Å². The first-order chi connectivity index (χ1) is 11.0. The van der Waals surface area contributed by atoms with E-state index in [9.17, 15) is 19.1 Å². The first-order valence-electron chi connectivity index (χ1n) is 6.77. The zero-order chi connectivity index (χ0) is 16.4. The lowest BCUT2D eigenvalue weighted by Crippen LogP contribution is -2.31. The maximum Gasteiger partial charge on any atom is 0.331 e. The van der Waals surface area contributed by atoms with Gasteiger partial charge in [0.15, 0.2) is 0 Å². The van der Waals surface area contributed by atoms with Gasteiger partial charge in [0.25, 0.3) is 5.56 Å². The molecule has 1 aromatic carbocycles. The lowest BCUT2D eigenvalue weighted by molar-refractivity contribution is 0.407. The Hall–Kier alpha value is -3.22. The van der Waals surface area contributed by atoms with Crippen LogP contribution < -0.4 is 11.2 Å². The number of nitrogens with one attached hydrogen (secondary N) is 1. The fraction of sp³-hybridized carbons (Fsp3) is 0.0625. The number of aromatic hydroxyl groups is 1. The van der Waals surface area contributed by atoms with Crippen molar-refractivity contribution in [3.63, 3.8) is 0 Å². The molecule has 7 heteroatoms. The summed E-state index contributed by atoms with van der Waals surface area (Å²) < 4.78 is 13.9. The summed E-state index contributed by atoms with van der Waals surface area (Å²) in [6.45, 7) is -0.00297. The molecule has 0 fully saturated rings. The number of allylic oxidation sites excluding steroid dienone is 2. The molecule has 0 bridgehead atoms. The summed E-state index contributed by atoms with van der Waals surface area (Å²) in [6.07, 6.45) is 6.28. The van der Waals surface area contributed by atoms with E-state index in [2.05, 4.69) is 9.98 Å². The van der Waals surface area contributed by atoms with Crippen LogP contribution in [-0.2, 0) is 6.54 Å². The molecular weight excluding hydrogens is 301 g/mol. The van der Waals surface area contributed by atoms with Crippen LogP contribution in [0.15, 0.2) is 56.7 Å². The summed E-state index contributed by atoms with van der Waals surface area (Å²) >= 11 is 0. The Morgan fingerprint density at radius 1 is 1.26 bits per heavy atom. The van der Waals surface area contributed by atoms with Crippen molar-refractivity contribution in [2.24, 2.45) is 4.99 Å². The topological polar surface area (TPSA) is 87.5 Å². The van der Waals surface area contributed by atoms with E-state index >= 15 is 0 Å². The normalized spacial score (nSPS) is 14.7. The fourth-order valence-corrected chi connectivity index (χ4v) is 2.17. The van der Waals surface area contributed by atoms with Crippen molar-refractivity contribution in [2.45, 2.75) is 6.54 Å². The largest absolute Gasteiger partial charge is 0.494 e. The highest BCUT2D eigenvalue weighted by atomic mass is 19.1. The Bertz CT molecular complexity index is 936. The molecular formula is C16H12FN3O3. The van der Waals surface area contributed by atoms with Gasteiger partial charge in [-0.2, -0.15) is 0 Å². The van der Waals surface area contributed by atoms with Crippen LogP contribution in [0, 0.1) is 5.82 Å². The Morgan fingerprint density at radius 3 is 2.65 bits per heavy atom.